The Bertz CT molecular complexity index is 646. The minimum absolute atomic E-state index is 0.160. The second-order valence-electron chi connectivity index (χ2n) is 3.92. The topological polar surface area (TPSA) is 68.0 Å². The lowest BCUT2D eigenvalue weighted by Crippen LogP contribution is -2.16. The van der Waals surface area contributed by atoms with Gasteiger partial charge in [-0.1, -0.05) is 17.7 Å². The van der Waals surface area contributed by atoms with Crippen LogP contribution in [0.2, 0.25) is 5.02 Å². The molecule has 1 aromatic carbocycles. The molecule has 1 amide bonds. The molecule has 0 aliphatic carbocycles. The van der Waals surface area contributed by atoms with E-state index in [0.717, 1.165) is 0 Å². The van der Waals surface area contributed by atoms with E-state index in [4.69, 9.17) is 17.3 Å². The van der Waals surface area contributed by atoms with Gasteiger partial charge in [-0.25, -0.2) is 9.37 Å². The Hall–Kier alpha value is -2.14. The number of halogens is 2. The van der Waals surface area contributed by atoms with E-state index < -0.39 is 11.7 Å². The lowest BCUT2D eigenvalue weighted by atomic mass is 10.1. The highest BCUT2D eigenvalue weighted by Gasteiger charge is 2.15. The minimum atomic E-state index is -0.834. The number of rotatable bonds is 2. The zero-order valence-electron chi connectivity index (χ0n) is 10.1. The first-order valence-corrected chi connectivity index (χ1v) is 5.85. The molecule has 2 aromatic rings. The summed E-state index contributed by atoms with van der Waals surface area (Å²) in [6.45, 7) is 1.76. The standard InChI is InChI=1S/C13H11ClFN3O/c1-7-9(14)3-2-4-10(7)18-13(19)8-5-6-17-12(16)11(8)15/h2-6H,1H3,(H2,16,17)(H,18,19). The summed E-state index contributed by atoms with van der Waals surface area (Å²) in [7, 11) is 0. The van der Waals surface area contributed by atoms with E-state index >= 15 is 0 Å². The molecular weight excluding hydrogens is 269 g/mol. The van der Waals surface area contributed by atoms with Crippen LogP contribution in [0.5, 0.6) is 0 Å². The van der Waals surface area contributed by atoms with E-state index in [2.05, 4.69) is 10.3 Å². The Kier molecular flexibility index (Phi) is 3.66. The summed E-state index contributed by atoms with van der Waals surface area (Å²) in [5, 5.41) is 3.11. The van der Waals surface area contributed by atoms with Gasteiger partial charge in [0, 0.05) is 16.9 Å². The molecule has 1 heterocycles. The van der Waals surface area contributed by atoms with Crippen LogP contribution in [0.3, 0.4) is 0 Å². The van der Waals surface area contributed by atoms with Gasteiger partial charge in [-0.05, 0) is 30.7 Å². The molecule has 0 radical (unpaired) electrons. The van der Waals surface area contributed by atoms with Crippen molar-refractivity contribution in [3.63, 3.8) is 0 Å². The van der Waals surface area contributed by atoms with Crippen molar-refractivity contribution < 1.29 is 9.18 Å². The number of nitrogens with zero attached hydrogens (tertiary/aromatic N) is 1. The van der Waals surface area contributed by atoms with Crippen molar-refractivity contribution in [1.29, 1.82) is 0 Å². The van der Waals surface area contributed by atoms with Crippen molar-refractivity contribution >= 4 is 29.0 Å². The van der Waals surface area contributed by atoms with Gasteiger partial charge >= 0.3 is 0 Å². The van der Waals surface area contributed by atoms with Crippen LogP contribution in [-0.2, 0) is 0 Å². The number of nitrogens with one attached hydrogen (secondary N) is 1. The molecule has 3 N–H and O–H groups in total. The molecule has 0 bridgehead atoms. The van der Waals surface area contributed by atoms with Gasteiger partial charge in [0.2, 0.25) is 0 Å². The van der Waals surface area contributed by atoms with Crippen LogP contribution in [0, 0.1) is 12.7 Å². The molecule has 0 aliphatic rings. The normalized spacial score (nSPS) is 10.3. The van der Waals surface area contributed by atoms with Crippen LogP contribution in [0.1, 0.15) is 15.9 Å². The molecule has 1 aromatic heterocycles. The number of aromatic nitrogens is 1. The van der Waals surface area contributed by atoms with E-state index in [1.807, 2.05) is 0 Å². The molecule has 0 fully saturated rings. The van der Waals surface area contributed by atoms with Gasteiger partial charge in [0.15, 0.2) is 11.6 Å². The average molecular weight is 280 g/mol. The summed E-state index contributed by atoms with van der Waals surface area (Å²) in [5.74, 6) is -1.74. The van der Waals surface area contributed by atoms with Crippen LogP contribution < -0.4 is 11.1 Å². The highest BCUT2D eigenvalue weighted by atomic mass is 35.5. The van der Waals surface area contributed by atoms with E-state index in [9.17, 15) is 9.18 Å². The summed E-state index contributed by atoms with van der Waals surface area (Å²) in [5.41, 5.74) is 6.39. The third kappa shape index (κ3) is 2.66. The summed E-state index contributed by atoms with van der Waals surface area (Å²) >= 11 is 5.94. The van der Waals surface area contributed by atoms with Gasteiger partial charge in [-0.2, -0.15) is 0 Å². The average Bonchev–Trinajstić information content (AvgIpc) is 2.38. The van der Waals surface area contributed by atoms with Gasteiger partial charge in [-0.3, -0.25) is 4.79 Å². The van der Waals surface area contributed by atoms with Crippen molar-refractivity contribution in [3.8, 4) is 0 Å². The van der Waals surface area contributed by atoms with Gasteiger partial charge in [0.1, 0.15) is 0 Å². The zero-order chi connectivity index (χ0) is 14.0. The largest absolute Gasteiger partial charge is 0.381 e. The number of benzene rings is 1. The minimum Gasteiger partial charge on any atom is -0.381 e. The second kappa shape index (κ2) is 5.24. The molecule has 0 atom stereocenters. The maximum atomic E-state index is 13.7. The molecule has 19 heavy (non-hydrogen) atoms. The maximum absolute atomic E-state index is 13.7. The highest BCUT2D eigenvalue weighted by Crippen LogP contribution is 2.24. The quantitative estimate of drug-likeness (QED) is 0.888. The van der Waals surface area contributed by atoms with Crippen molar-refractivity contribution in [2.45, 2.75) is 6.92 Å². The first-order valence-electron chi connectivity index (χ1n) is 5.47. The van der Waals surface area contributed by atoms with Crippen LogP contribution in [0.25, 0.3) is 0 Å². The van der Waals surface area contributed by atoms with E-state index in [-0.39, 0.29) is 11.4 Å². The Morgan fingerprint density at radius 2 is 2.16 bits per heavy atom. The molecule has 0 saturated carbocycles. The van der Waals surface area contributed by atoms with Crippen molar-refractivity contribution in [2.75, 3.05) is 11.1 Å². The number of amides is 1. The summed E-state index contributed by atoms with van der Waals surface area (Å²) in [4.78, 5) is 15.5. The molecule has 0 spiro atoms. The first-order chi connectivity index (χ1) is 9.00. The maximum Gasteiger partial charge on any atom is 0.258 e. The number of hydrogen-bond donors (Lipinski definition) is 2. The van der Waals surface area contributed by atoms with Gasteiger partial charge < -0.3 is 11.1 Å². The molecular formula is C13H11ClFN3O. The predicted molar refractivity (Wildman–Crippen MR) is 72.7 cm³/mol. The fourth-order valence-electron chi connectivity index (χ4n) is 1.57. The van der Waals surface area contributed by atoms with Crippen molar-refractivity contribution in [3.05, 3.63) is 52.4 Å². The molecule has 4 nitrogen and oxygen atoms in total. The van der Waals surface area contributed by atoms with Crippen LogP contribution in [-0.4, -0.2) is 10.9 Å². The summed E-state index contributed by atoms with van der Waals surface area (Å²) in [6, 6.07) is 6.35. The fraction of sp³-hybridized carbons (Fsp3) is 0.0769. The molecule has 2 rings (SSSR count). The Labute approximate surface area is 114 Å². The SMILES string of the molecule is Cc1c(Cl)cccc1NC(=O)c1ccnc(N)c1F. The smallest absolute Gasteiger partial charge is 0.258 e. The Morgan fingerprint density at radius 1 is 1.42 bits per heavy atom. The predicted octanol–water partition coefficient (Wildman–Crippen LogP) is 3.02. The third-order valence-corrected chi connectivity index (χ3v) is 3.09. The van der Waals surface area contributed by atoms with Crippen LogP contribution >= 0.6 is 11.6 Å². The molecule has 0 saturated heterocycles. The van der Waals surface area contributed by atoms with E-state index in [0.29, 0.717) is 16.3 Å². The Balaban J connectivity index is 2.31. The molecule has 0 unspecified atom stereocenters. The van der Waals surface area contributed by atoms with Crippen molar-refractivity contribution in [1.82, 2.24) is 4.98 Å². The number of carbonyl (C=O) groups excluding carboxylic acids is 1. The van der Waals surface area contributed by atoms with E-state index in [1.54, 1.807) is 25.1 Å². The zero-order valence-corrected chi connectivity index (χ0v) is 10.8. The summed E-state index contributed by atoms with van der Waals surface area (Å²) < 4.78 is 13.7. The molecule has 6 heteroatoms. The van der Waals surface area contributed by atoms with Crippen molar-refractivity contribution in [2.24, 2.45) is 0 Å². The van der Waals surface area contributed by atoms with Gasteiger partial charge in [0.25, 0.3) is 5.91 Å². The van der Waals surface area contributed by atoms with Gasteiger partial charge in [0.05, 0.1) is 5.56 Å². The lowest BCUT2D eigenvalue weighted by molar-refractivity contribution is 0.102. The lowest BCUT2D eigenvalue weighted by Gasteiger charge is -2.10. The summed E-state index contributed by atoms with van der Waals surface area (Å²) in [6.07, 6.45) is 1.28. The van der Waals surface area contributed by atoms with Crippen LogP contribution in [0.4, 0.5) is 15.9 Å². The number of nitrogens with two attached hydrogens (primary N) is 1. The Morgan fingerprint density at radius 3 is 2.89 bits per heavy atom. The first kappa shape index (κ1) is 13.3. The third-order valence-electron chi connectivity index (χ3n) is 2.68. The monoisotopic (exact) mass is 279 g/mol. The number of nitrogen functional groups attached to an aromatic ring is 1. The fourth-order valence-corrected chi connectivity index (χ4v) is 1.74. The number of anilines is 2. The highest BCUT2D eigenvalue weighted by molar-refractivity contribution is 6.31. The van der Waals surface area contributed by atoms with Gasteiger partial charge in [-0.15, -0.1) is 0 Å². The molecule has 98 valence electrons. The number of carbonyl (C=O) groups is 1. The molecule has 0 aliphatic heterocycles. The second-order valence-corrected chi connectivity index (χ2v) is 4.33. The van der Waals surface area contributed by atoms with Crippen LogP contribution in [0.15, 0.2) is 30.5 Å². The number of pyridine rings is 1. The number of hydrogen-bond acceptors (Lipinski definition) is 3. The van der Waals surface area contributed by atoms with E-state index in [1.165, 1.54) is 12.3 Å².